The van der Waals surface area contributed by atoms with Crippen LogP contribution in [0.5, 0.6) is 0 Å². The third-order valence-corrected chi connectivity index (χ3v) is 3.60. The SMILES string of the molecule is [K+].[O-]CC1(CN2CC3OCC32)CC1. The molecule has 1 saturated carbocycles. The third-order valence-electron chi connectivity index (χ3n) is 3.60. The van der Waals surface area contributed by atoms with E-state index in [1.807, 2.05) is 0 Å². The average Bonchev–Trinajstić information content (AvgIpc) is 2.80. The summed E-state index contributed by atoms with van der Waals surface area (Å²) in [5.74, 6) is 0. The monoisotopic (exact) mass is 207 g/mol. The van der Waals surface area contributed by atoms with Crippen LogP contribution >= 0.6 is 0 Å². The van der Waals surface area contributed by atoms with Crippen molar-refractivity contribution < 1.29 is 61.2 Å². The fourth-order valence-corrected chi connectivity index (χ4v) is 2.20. The molecule has 2 unspecified atom stereocenters. The van der Waals surface area contributed by atoms with E-state index < -0.39 is 0 Å². The van der Waals surface area contributed by atoms with Crippen LogP contribution in [0.1, 0.15) is 12.8 Å². The standard InChI is InChI=1S/C9H14NO2.K/c11-6-9(1-2-9)5-10-3-8-7(10)4-12-8;/h7-8H,1-6H2;/q-1;+1. The minimum Gasteiger partial charge on any atom is -0.854 e. The Morgan fingerprint density at radius 2 is 2.23 bits per heavy atom. The molecule has 0 bridgehead atoms. The molecular weight excluding hydrogens is 193 g/mol. The molecule has 2 aliphatic heterocycles. The summed E-state index contributed by atoms with van der Waals surface area (Å²) in [6.07, 6.45) is 2.84. The second kappa shape index (κ2) is 3.83. The number of hydrogen-bond acceptors (Lipinski definition) is 3. The number of nitrogens with zero attached hydrogens (tertiary/aromatic N) is 1. The Kier molecular flexibility index (Phi) is 3.24. The molecule has 0 amide bonds. The Hall–Kier alpha value is 1.52. The summed E-state index contributed by atoms with van der Waals surface area (Å²) < 4.78 is 5.31. The molecule has 3 nitrogen and oxygen atoms in total. The molecule has 0 aromatic heterocycles. The fraction of sp³-hybridized carbons (Fsp3) is 1.00. The van der Waals surface area contributed by atoms with E-state index in [0.29, 0.717) is 12.1 Å². The van der Waals surface area contributed by atoms with Gasteiger partial charge in [-0.1, -0.05) is 0 Å². The predicted octanol–water partition coefficient (Wildman–Crippen LogP) is -3.79. The minimum atomic E-state index is 0. The molecule has 0 N–H and O–H groups in total. The van der Waals surface area contributed by atoms with E-state index in [4.69, 9.17) is 4.74 Å². The summed E-state index contributed by atoms with van der Waals surface area (Å²) in [6.45, 7) is 3.15. The van der Waals surface area contributed by atoms with Crippen molar-refractivity contribution in [3.05, 3.63) is 0 Å². The summed E-state index contributed by atoms with van der Waals surface area (Å²) in [7, 11) is 0. The zero-order valence-electron chi connectivity index (χ0n) is 8.16. The number of likely N-dealkylation sites (tertiary alicyclic amines) is 1. The largest absolute Gasteiger partial charge is 1.00 e. The van der Waals surface area contributed by atoms with Gasteiger partial charge in [0.15, 0.2) is 0 Å². The van der Waals surface area contributed by atoms with E-state index in [1.54, 1.807) is 0 Å². The van der Waals surface area contributed by atoms with Crippen molar-refractivity contribution in [2.45, 2.75) is 25.0 Å². The molecule has 13 heavy (non-hydrogen) atoms. The zero-order chi connectivity index (χ0) is 8.18. The smallest absolute Gasteiger partial charge is 0.854 e. The van der Waals surface area contributed by atoms with Crippen LogP contribution in [0.25, 0.3) is 0 Å². The molecule has 4 heteroatoms. The first kappa shape index (κ1) is 11.0. The van der Waals surface area contributed by atoms with Gasteiger partial charge in [0.1, 0.15) is 0 Å². The van der Waals surface area contributed by atoms with Gasteiger partial charge in [-0.25, -0.2) is 0 Å². The van der Waals surface area contributed by atoms with Gasteiger partial charge < -0.3 is 9.84 Å². The van der Waals surface area contributed by atoms with Gasteiger partial charge in [0.25, 0.3) is 0 Å². The number of morpholine rings is 1. The van der Waals surface area contributed by atoms with Gasteiger partial charge in [0.05, 0.1) is 18.8 Å². The van der Waals surface area contributed by atoms with E-state index in [9.17, 15) is 5.11 Å². The van der Waals surface area contributed by atoms with Gasteiger partial charge >= 0.3 is 51.4 Å². The summed E-state index contributed by atoms with van der Waals surface area (Å²) >= 11 is 0. The van der Waals surface area contributed by atoms with Crippen LogP contribution in [0.15, 0.2) is 0 Å². The molecular formula is C9H14KNO2. The maximum Gasteiger partial charge on any atom is 1.00 e. The van der Waals surface area contributed by atoms with Crippen LogP contribution in [0, 0.1) is 5.41 Å². The predicted molar refractivity (Wildman–Crippen MR) is 41.6 cm³/mol. The molecule has 3 fully saturated rings. The van der Waals surface area contributed by atoms with Crippen molar-refractivity contribution in [3.8, 4) is 0 Å². The first-order chi connectivity index (χ1) is 5.83. The fourth-order valence-electron chi connectivity index (χ4n) is 2.20. The maximum atomic E-state index is 10.8. The Morgan fingerprint density at radius 3 is 2.54 bits per heavy atom. The molecule has 3 aliphatic rings. The van der Waals surface area contributed by atoms with Crippen LogP contribution in [0.4, 0.5) is 0 Å². The summed E-state index contributed by atoms with van der Waals surface area (Å²) in [4.78, 5) is 2.43. The van der Waals surface area contributed by atoms with Gasteiger partial charge in [-0.2, -0.15) is 0 Å². The van der Waals surface area contributed by atoms with Crippen LogP contribution < -0.4 is 56.5 Å². The maximum absolute atomic E-state index is 10.8. The summed E-state index contributed by atoms with van der Waals surface area (Å²) in [5.41, 5.74) is 0.181. The van der Waals surface area contributed by atoms with Crippen LogP contribution in [0.2, 0.25) is 0 Å². The Balaban J connectivity index is 0.000000653. The second-order valence-electron chi connectivity index (χ2n) is 4.51. The van der Waals surface area contributed by atoms with Crippen molar-refractivity contribution in [2.24, 2.45) is 5.41 Å². The molecule has 0 radical (unpaired) electrons. The Labute approximate surface area is 121 Å². The van der Waals surface area contributed by atoms with Crippen molar-refractivity contribution >= 4 is 0 Å². The molecule has 0 aromatic carbocycles. The van der Waals surface area contributed by atoms with Crippen LogP contribution in [-0.2, 0) is 4.74 Å². The molecule has 2 atom stereocenters. The quantitative estimate of drug-likeness (QED) is 0.446. The van der Waals surface area contributed by atoms with E-state index in [-0.39, 0.29) is 63.4 Å². The first-order valence-electron chi connectivity index (χ1n) is 4.77. The molecule has 0 aromatic rings. The van der Waals surface area contributed by atoms with Crippen molar-refractivity contribution in [1.29, 1.82) is 0 Å². The topological polar surface area (TPSA) is 35.5 Å². The van der Waals surface area contributed by atoms with Gasteiger partial charge in [0.2, 0.25) is 0 Å². The van der Waals surface area contributed by atoms with Crippen molar-refractivity contribution in [3.63, 3.8) is 0 Å². The van der Waals surface area contributed by atoms with E-state index in [1.165, 1.54) is 0 Å². The Bertz CT molecular complexity index is 208. The molecule has 68 valence electrons. The second-order valence-corrected chi connectivity index (χ2v) is 4.51. The zero-order valence-corrected chi connectivity index (χ0v) is 11.3. The number of hydrogen-bond donors (Lipinski definition) is 0. The summed E-state index contributed by atoms with van der Waals surface area (Å²) in [6, 6.07) is 0.675. The van der Waals surface area contributed by atoms with E-state index in [0.717, 1.165) is 32.5 Å². The Morgan fingerprint density at radius 1 is 1.46 bits per heavy atom. The molecule has 0 spiro atoms. The molecule has 1 aliphatic carbocycles. The van der Waals surface area contributed by atoms with Crippen molar-refractivity contribution in [2.75, 3.05) is 26.3 Å². The molecule has 2 saturated heterocycles. The van der Waals surface area contributed by atoms with E-state index in [2.05, 4.69) is 4.90 Å². The van der Waals surface area contributed by atoms with Crippen LogP contribution in [-0.4, -0.2) is 43.3 Å². The average molecular weight is 207 g/mol. The van der Waals surface area contributed by atoms with Gasteiger partial charge in [-0.3, -0.25) is 4.90 Å². The van der Waals surface area contributed by atoms with Gasteiger partial charge in [-0.15, -0.1) is 6.61 Å². The van der Waals surface area contributed by atoms with Crippen LogP contribution in [0.3, 0.4) is 0 Å². The van der Waals surface area contributed by atoms with Gasteiger partial charge in [0, 0.05) is 13.1 Å². The number of fused-ring (bicyclic) bond motifs is 1. The third kappa shape index (κ3) is 1.80. The minimum absolute atomic E-state index is 0. The molecule has 2 heterocycles. The normalized spacial score (nSPS) is 39.5. The van der Waals surface area contributed by atoms with Crippen molar-refractivity contribution in [1.82, 2.24) is 4.90 Å². The van der Waals surface area contributed by atoms with Gasteiger partial charge in [-0.05, 0) is 18.3 Å². The first-order valence-corrected chi connectivity index (χ1v) is 4.77. The number of ether oxygens (including phenoxy) is 1. The summed E-state index contributed by atoms with van der Waals surface area (Å²) in [5, 5.41) is 10.8. The number of rotatable bonds is 3. The van der Waals surface area contributed by atoms with E-state index >= 15 is 0 Å². The molecule has 3 rings (SSSR count).